The van der Waals surface area contributed by atoms with Gasteiger partial charge >= 0.3 is 6.18 Å². The van der Waals surface area contributed by atoms with E-state index >= 15 is 0 Å². The van der Waals surface area contributed by atoms with E-state index in [1.165, 1.54) is 6.07 Å². The van der Waals surface area contributed by atoms with Crippen LogP contribution in [-0.2, 0) is 34.0 Å². The Morgan fingerprint density at radius 2 is 1.77 bits per heavy atom. The van der Waals surface area contributed by atoms with Crippen LogP contribution >= 0.6 is 0 Å². The lowest BCUT2D eigenvalue weighted by molar-refractivity contribution is -0.141. The van der Waals surface area contributed by atoms with Gasteiger partial charge in [0.25, 0.3) is 0 Å². The maximum absolute atomic E-state index is 13.3. The number of aromatic nitrogens is 1. The van der Waals surface area contributed by atoms with Crippen molar-refractivity contribution in [1.29, 1.82) is 0 Å². The smallest absolute Gasteiger partial charge is 0.299 e. The summed E-state index contributed by atoms with van der Waals surface area (Å²) in [6.07, 6.45) is -3.13. The first kappa shape index (κ1) is 26.6. The van der Waals surface area contributed by atoms with Crippen LogP contribution < -0.4 is 4.72 Å². The number of alkyl halides is 3. The highest BCUT2D eigenvalue weighted by Gasteiger charge is 2.33. The molecule has 0 radical (unpaired) electrons. The minimum absolute atomic E-state index is 0.0756. The van der Waals surface area contributed by atoms with E-state index in [0.29, 0.717) is 11.1 Å². The van der Waals surface area contributed by atoms with Crippen LogP contribution in [0.3, 0.4) is 0 Å². The summed E-state index contributed by atoms with van der Waals surface area (Å²) in [6.45, 7) is 3.73. The maximum Gasteiger partial charge on any atom is 0.433 e. The number of nitrogens with zero attached hydrogens (tertiary/aromatic N) is 1. The highest BCUT2D eigenvalue weighted by atomic mass is 32.2. The van der Waals surface area contributed by atoms with E-state index in [4.69, 9.17) is 0 Å². The minimum Gasteiger partial charge on any atom is -0.299 e. The number of pyridine rings is 1. The van der Waals surface area contributed by atoms with Crippen LogP contribution in [0.25, 0.3) is 11.3 Å². The van der Waals surface area contributed by atoms with Crippen molar-refractivity contribution in [3.8, 4) is 11.3 Å². The van der Waals surface area contributed by atoms with Gasteiger partial charge in [0, 0.05) is 24.4 Å². The van der Waals surface area contributed by atoms with Gasteiger partial charge in [0.2, 0.25) is 10.0 Å². The number of sulfonamides is 1. The third kappa shape index (κ3) is 7.47. The van der Waals surface area contributed by atoms with Crippen molar-refractivity contribution < 1.29 is 26.4 Å². The monoisotopic (exact) mass is 504 g/mol. The molecule has 0 aliphatic rings. The third-order valence-electron chi connectivity index (χ3n) is 5.67. The molecular formula is C26H27F3N2O3S. The van der Waals surface area contributed by atoms with Gasteiger partial charge in [0.05, 0.1) is 11.9 Å². The lowest BCUT2D eigenvalue weighted by Crippen LogP contribution is -2.21. The number of Topliss-reactive ketones (excluding diaryl/α,β-unsaturated/α-hetero) is 1. The molecule has 0 fully saturated rings. The van der Waals surface area contributed by atoms with Crippen LogP contribution in [-0.4, -0.2) is 25.4 Å². The summed E-state index contributed by atoms with van der Waals surface area (Å²) in [5.74, 6) is -0.536. The maximum atomic E-state index is 13.3. The Labute approximate surface area is 203 Å². The Balaban J connectivity index is 1.79. The molecule has 2 aromatic carbocycles. The van der Waals surface area contributed by atoms with Gasteiger partial charge in [-0.25, -0.2) is 18.1 Å². The van der Waals surface area contributed by atoms with E-state index < -0.39 is 27.8 Å². The van der Waals surface area contributed by atoms with Gasteiger partial charge in [-0.05, 0) is 42.2 Å². The van der Waals surface area contributed by atoms with Crippen molar-refractivity contribution >= 4 is 15.8 Å². The first-order valence-corrected chi connectivity index (χ1v) is 12.9. The average molecular weight is 505 g/mol. The normalized spacial score (nSPS) is 13.0. The molecule has 1 N–H and O–H groups in total. The molecule has 5 nitrogen and oxygen atoms in total. The number of hydrogen-bond acceptors (Lipinski definition) is 4. The second-order valence-electron chi connectivity index (χ2n) is 8.60. The summed E-state index contributed by atoms with van der Waals surface area (Å²) >= 11 is 0. The molecule has 9 heteroatoms. The Kier molecular flexibility index (Phi) is 8.12. The summed E-state index contributed by atoms with van der Waals surface area (Å²) in [4.78, 5) is 16.9. The van der Waals surface area contributed by atoms with Crippen molar-refractivity contribution in [3.63, 3.8) is 0 Å². The second kappa shape index (κ2) is 10.7. The van der Waals surface area contributed by atoms with Crippen molar-refractivity contribution in [3.05, 3.63) is 88.6 Å². The molecule has 0 saturated heterocycles. The number of nitrogens with one attached hydrogen (secondary N) is 1. The second-order valence-corrected chi connectivity index (χ2v) is 10.4. The number of benzene rings is 2. The number of carbonyl (C=O) groups excluding carboxylic acids is 1. The summed E-state index contributed by atoms with van der Waals surface area (Å²) in [7, 11) is -3.35. The van der Waals surface area contributed by atoms with Gasteiger partial charge < -0.3 is 0 Å². The molecule has 35 heavy (non-hydrogen) atoms. The van der Waals surface area contributed by atoms with E-state index in [-0.39, 0.29) is 30.9 Å². The predicted molar refractivity (Wildman–Crippen MR) is 129 cm³/mol. The molecule has 1 aromatic heterocycles. The van der Waals surface area contributed by atoms with Crippen molar-refractivity contribution in [1.82, 2.24) is 9.71 Å². The molecule has 1 atom stereocenters. The molecule has 1 heterocycles. The summed E-state index contributed by atoms with van der Waals surface area (Å²) in [6, 6.07) is 16.5. The van der Waals surface area contributed by atoms with Crippen LogP contribution in [0.4, 0.5) is 13.2 Å². The zero-order chi connectivity index (χ0) is 25.8. The molecule has 0 bridgehead atoms. The zero-order valence-electron chi connectivity index (χ0n) is 19.7. The number of ketones is 1. The number of aryl methyl sites for hydroxylation is 2. The standard InChI is InChI=1S/C26H27F3N2O3S/c1-17-6-4-9-22(14-17)25-20(11-13-24(31-25)26(27,28)29)10-12-23(32)18(2)21-8-5-7-19(15-21)16-30-35(3,33)34/h4-9,11,13-15,18,30H,10,12,16H2,1-3H3. The highest BCUT2D eigenvalue weighted by molar-refractivity contribution is 7.88. The van der Waals surface area contributed by atoms with E-state index in [1.807, 2.05) is 13.0 Å². The summed E-state index contributed by atoms with van der Waals surface area (Å²) in [5.41, 5.74) is 2.74. The zero-order valence-corrected chi connectivity index (χ0v) is 20.5. The van der Waals surface area contributed by atoms with Gasteiger partial charge in [0.15, 0.2) is 0 Å². The fourth-order valence-corrected chi connectivity index (χ4v) is 4.17. The number of rotatable bonds is 9. The lowest BCUT2D eigenvalue weighted by atomic mass is 9.91. The molecule has 0 aliphatic heterocycles. The van der Waals surface area contributed by atoms with E-state index in [9.17, 15) is 26.4 Å². The Morgan fingerprint density at radius 1 is 1.06 bits per heavy atom. The van der Waals surface area contributed by atoms with Crippen LogP contribution in [0.15, 0.2) is 60.7 Å². The number of halogens is 3. The Morgan fingerprint density at radius 3 is 2.43 bits per heavy atom. The van der Waals surface area contributed by atoms with E-state index in [0.717, 1.165) is 29.0 Å². The van der Waals surface area contributed by atoms with E-state index in [2.05, 4.69) is 9.71 Å². The van der Waals surface area contributed by atoms with Crippen LogP contribution in [0.1, 0.15) is 47.2 Å². The van der Waals surface area contributed by atoms with Crippen LogP contribution in [0.2, 0.25) is 0 Å². The first-order valence-electron chi connectivity index (χ1n) is 11.0. The predicted octanol–water partition coefficient (Wildman–Crippen LogP) is 5.43. The molecule has 0 spiro atoms. The quantitative estimate of drug-likeness (QED) is 0.422. The molecule has 0 saturated carbocycles. The van der Waals surface area contributed by atoms with Gasteiger partial charge in [-0.15, -0.1) is 0 Å². The van der Waals surface area contributed by atoms with Gasteiger partial charge in [-0.1, -0.05) is 61.0 Å². The van der Waals surface area contributed by atoms with Gasteiger partial charge in [-0.3, -0.25) is 4.79 Å². The highest BCUT2D eigenvalue weighted by Crippen LogP contribution is 2.32. The number of hydrogen-bond donors (Lipinski definition) is 1. The Bertz CT molecular complexity index is 1320. The van der Waals surface area contributed by atoms with Crippen molar-refractivity contribution in [2.75, 3.05) is 6.26 Å². The molecule has 0 aliphatic carbocycles. The van der Waals surface area contributed by atoms with Crippen molar-refractivity contribution in [2.45, 2.75) is 45.3 Å². The topological polar surface area (TPSA) is 76.1 Å². The summed E-state index contributed by atoms with van der Waals surface area (Å²) in [5, 5.41) is 0. The molecule has 3 aromatic rings. The van der Waals surface area contributed by atoms with Crippen molar-refractivity contribution in [2.24, 2.45) is 0 Å². The largest absolute Gasteiger partial charge is 0.433 e. The van der Waals surface area contributed by atoms with Crippen LogP contribution in [0.5, 0.6) is 0 Å². The minimum atomic E-state index is -4.57. The molecule has 186 valence electrons. The molecule has 3 rings (SSSR count). The SMILES string of the molecule is Cc1cccc(-c2nc(C(F)(F)F)ccc2CCC(=O)C(C)c2cccc(CNS(C)(=O)=O)c2)c1. The van der Waals surface area contributed by atoms with Gasteiger partial charge in [-0.2, -0.15) is 13.2 Å². The van der Waals surface area contributed by atoms with Crippen LogP contribution in [0, 0.1) is 6.92 Å². The first-order chi connectivity index (χ1) is 16.3. The molecule has 0 amide bonds. The molecule has 1 unspecified atom stereocenters. The third-order valence-corrected chi connectivity index (χ3v) is 6.34. The fraction of sp³-hybridized carbons (Fsp3) is 0.308. The molecular weight excluding hydrogens is 477 g/mol. The Hall–Kier alpha value is -3.04. The number of carbonyl (C=O) groups is 1. The van der Waals surface area contributed by atoms with E-state index in [1.54, 1.807) is 49.4 Å². The summed E-state index contributed by atoms with van der Waals surface area (Å²) < 4.78 is 65.0. The fourth-order valence-electron chi connectivity index (χ4n) is 3.74. The van der Waals surface area contributed by atoms with Gasteiger partial charge in [0.1, 0.15) is 11.5 Å². The lowest BCUT2D eigenvalue weighted by Gasteiger charge is -2.15. The average Bonchev–Trinajstić information content (AvgIpc) is 2.79.